The molecule has 0 radical (unpaired) electrons. The van der Waals surface area contributed by atoms with E-state index in [1.807, 2.05) is 49.3 Å². The maximum Gasteiger partial charge on any atom is 0.252 e. The molecular formula is C14H19F2N3. The fourth-order valence-electron chi connectivity index (χ4n) is 2.01. The van der Waals surface area contributed by atoms with E-state index in [2.05, 4.69) is 10.3 Å². The highest BCUT2D eigenvalue weighted by Gasteiger charge is 2.45. The first-order chi connectivity index (χ1) is 8.96. The van der Waals surface area contributed by atoms with Crippen molar-refractivity contribution in [1.82, 2.24) is 10.2 Å². The minimum absolute atomic E-state index is 0.106. The molecule has 0 bridgehead atoms. The van der Waals surface area contributed by atoms with Gasteiger partial charge in [-0.05, 0) is 5.56 Å². The topological polar surface area (TPSA) is 27.6 Å². The smallest absolute Gasteiger partial charge is 0.252 e. The average molecular weight is 267 g/mol. The Balaban J connectivity index is 1.93. The molecule has 0 aromatic heterocycles. The molecule has 1 aliphatic carbocycles. The molecule has 1 saturated carbocycles. The summed E-state index contributed by atoms with van der Waals surface area (Å²) in [6.07, 6.45) is -0.212. The van der Waals surface area contributed by atoms with E-state index in [0.717, 1.165) is 5.56 Å². The fraction of sp³-hybridized carbons (Fsp3) is 0.500. The summed E-state index contributed by atoms with van der Waals surface area (Å²) in [5.41, 5.74) is 1.10. The Hall–Kier alpha value is -1.65. The summed E-state index contributed by atoms with van der Waals surface area (Å²) in [5, 5.41) is 3.07. The molecule has 2 rings (SSSR count). The third-order valence-electron chi connectivity index (χ3n) is 3.10. The lowest BCUT2D eigenvalue weighted by Gasteiger charge is -2.37. The van der Waals surface area contributed by atoms with Gasteiger partial charge in [0.15, 0.2) is 5.96 Å². The molecule has 1 aromatic rings. The number of benzene rings is 1. The molecular weight excluding hydrogens is 248 g/mol. The molecule has 0 aliphatic heterocycles. The third-order valence-corrected chi connectivity index (χ3v) is 3.10. The monoisotopic (exact) mass is 267 g/mol. The van der Waals surface area contributed by atoms with Gasteiger partial charge in [0.1, 0.15) is 0 Å². The molecule has 0 saturated heterocycles. The molecule has 1 fully saturated rings. The highest BCUT2D eigenvalue weighted by atomic mass is 19.3. The van der Waals surface area contributed by atoms with Gasteiger partial charge in [0.2, 0.25) is 0 Å². The van der Waals surface area contributed by atoms with Gasteiger partial charge in [-0.15, -0.1) is 0 Å². The second-order valence-electron chi connectivity index (χ2n) is 5.13. The zero-order valence-corrected chi connectivity index (χ0v) is 11.2. The molecule has 0 atom stereocenters. The zero-order chi connectivity index (χ0) is 13.9. The standard InChI is InChI=1S/C14H19F2N3/c1-19(2)13(18-12-8-14(15,16)9-12)17-10-11-6-4-3-5-7-11/h3-7,12H,8-10H2,1-2H3,(H,17,18). The fourth-order valence-corrected chi connectivity index (χ4v) is 2.01. The van der Waals surface area contributed by atoms with E-state index < -0.39 is 5.92 Å². The molecule has 0 unspecified atom stereocenters. The van der Waals surface area contributed by atoms with E-state index in [0.29, 0.717) is 12.5 Å². The van der Waals surface area contributed by atoms with Crippen LogP contribution in [-0.4, -0.2) is 36.9 Å². The minimum Gasteiger partial charge on any atom is -0.353 e. The number of aliphatic imine (C=N–C) groups is 1. The van der Waals surface area contributed by atoms with Crippen LogP contribution in [0.3, 0.4) is 0 Å². The van der Waals surface area contributed by atoms with Crippen LogP contribution in [0.25, 0.3) is 0 Å². The van der Waals surface area contributed by atoms with Crippen molar-refractivity contribution in [2.45, 2.75) is 31.4 Å². The summed E-state index contributed by atoms with van der Waals surface area (Å²) in [6, 6.07) is 9.68. The number of hydrogen-bond acceptors (Lipinski definition) is 1. The van der Waals surface area contributed by atoms with E-state index in [-0.39, 0.29) is 18.9 Å². The Morgan fingerprint density at radius 2 is 1.95 bits per heavy atom. The first-order valence-corrected chi connectivity index (χ1v) is 6.36. The van der Waals surface area contributed by atoms with Crippen molar-refractivity contribution >= 4 is 5.96 Å². The number of guanidine groups is 1. The van der Waals surface area contributed by atoms with E-state index in [4.69, 9.17) is 0 Å². The number of halogens is 2. The lowest BCUT2D eigenvalue weighted by Crippen LogP contribution is -2.53. The number of alkyl halides is 2. The Morgan fingerprint density at radius 3 is 2.47 bits per heavy atom. The molecule has 1 N–H and O–H groups in total. The van der Waals surface area contributed by atoms with Crippen LogP contribution in [0.4, 0.5) is 8.78 Å². The molecule has 104 valence electrons. The Bertz CT molecular complexity index is 435. The minimum atomic E-state index is -2.51. The quantitative estimate of drug-likeness (QED) is 0.673. The van der Waals surface area contributed by atoms with Crippen LogP contribution in [0, 0.1) is 0 Å². The normalized spacial score (nSPS) is 18.8. The summed E-state index contributed by atoms with van der Waals surface area (Å²) >= 11 is 0. The third kappa shape index (κ3) is 3.91. The van der Waals surface area contributed by atoms with Gasteiger partial charge in [-0.25, -0.2) is 13.8 Å². The SMILES string of the molecule is CN(C)C(=NCc1ccccc1)NC1CC(F)(F)C1. The van der Waals surface area contributed by atoms with Crippen LogP contribution in [0.15, 0.2) is 35.3 Å². The lowest BCUT2D eigenvalue weighted by molar-refractivity contribution is -0.0890. The van der Waals surface area contributed by atoms with Crippen LogP contribution in [0.1, 0.15) is 18.4 Å². The molecule has 0 amide bonds. The van der Waals surface area contributed by atoms with Crippen molar-refractivity contribution in [2.75, 3.05) is 14.1 Å². The number of hydrogen-bond donors (Lipinski definition) is 1. The summed E-state index contributed by atoms with van der Waals surface area (Å²) in [4.78, 5) is 6.27. The van der Waals surface area contributed by atoms with Crippen molar-refractivity contribution in [3.05, 3.63) is 35.9 Å². The van der Waals surface area contributed by atoms with Gasteiger partial charge in [-0.2, -0.15) is 0 Å². The second-order valence-corrected chi connectivity index (χ2v) is 5.13. The summed E-state index contributed by atoms with van der Waals surface area (Å²) in [5.74, 6) is -1.85. The molecule has 3 nitrogen and oxygen atoms in total. The number of rotatable bonds is 3. The zero-order valence-electron chi connectivity index (χ0n) is 11.2. The van der Waals surface area contributed by atoms with Crippen LogP contribution in [0.5, 0.6) is 0 Å². The van der Waals surface area contributed by atoms with Crippen LogP contribution >= 0.6 is 0 Å². The molecule has 1 aliphatic rings. The lowest BCUT2D eigenvalue weighted by atomic mass is 9.88. The summed E-state index contributed by atoms with van der Waals surface area (Å²) < 4.78 is 25.6. The summed E-state index contributed by atoms with van der Waals surface area (Å²) in [7, 11) is 3.71. The molecule has 0 heterocycles. The first kappa shape index (κ1) is 13.8. The van der Waals surface area contributed by atoms with Gasteiger partial charge in [0.05, 0.1) is 6.54 Å². The van der Waals surface area contributed by atoms with Crippen molar-refractivity contribution in [3.63, 3.8) is 0 Å². The predicted molar refractivity (Wildman–Crippen MR) is 72.4 cm³/mol. The number of nitrogens with one attached hydrogen (secondary N) is 1. The highest BCUT2D eigenvalue weighted by molar-refractivity contribution is 5.79. The van der Waals surface area contributed by atoms with Gasteiger partial charge in [0.25, 0.3) is 5.92 Å². The maximum absolute atomic E-state index is 12.8. The van der Waals surface area contributed by atoms with Gasteiger partial charge in [-0.3, -0.25) is 0 Å². The van der Waals surface area contributed by atoms with Gasteiger partial charge in [-0.1, -0.05) is 30.3 Å². The first-order valence-electron chi connectivity index (χ1n) is 6.36. The Morgan fingerprint density at radius 1 is 1.32 bits per heavy atom. The Kier molecular flexibility index (Phi) is 4.02. The molecule has 0 spiro atoms. The van der Waals surface area contributed by atoms with E-state index in [9.17, 15) is 8.78 Å². The molecule has 1 aromatic carbocycles. The largest absolute Gasteiger partial charge is 0.353 e. The van der Waals surface area contributed by atoms with Crippen molar-refractivity contribution in [2.24, 2.45) is 4.99 Å². The van der Waals surface area contributed by atoms with Gasteiger partial charge >= 0.3 is 0 Å². The highest BCUT2D eigenvalue weighted by Crippen LogP contribution is 2.37. The van der Waals surface area contributed by atoms with Crippen LogP contribution < -0.4 is 5.32 Å². The van der Waals surface area contributed by atoms with Crippen LogP contribution in [-0.2, 0) is 6.54 Å². The van der Waals surface area contributed by atoms with E-state index in [1.165, 1.54) is 0 Å². The van der Waals surface area contributed by atoms with Crippen molar-refractivity contribution < 1.29 is 8.78 Å². The van der Waals surface area contributed by atoms with E-state index >= 15 is 0 Å². The van der Waals surface area contributed by atoms with Crippen molar-refractivity contribution in [3.8, 4) is 0 Å². The summed E-state index contributed by atoms with van der Waals surface area (Å²) in [6.45, 7) is 0.546. The van der Waals surface area contributed by atoms with E-state index in [1.54, 1.807) is 0 Å². The second kappa shape index (κ2) is 5.55. The molecule has 5 heteroatoms. The average Bonchev–Trinajstić information content (AvgIpc) is 2.32. The predicted octanol–water partition coefficient (Wildman–Crippen LogP) is 2.49. The van der Waals surface area contributed by atoms with Crippen molar-refractivity contribution in [1.29, 1.82) is 0 Å². The number of nitrogens with zero attached hydrogens (tertiary/aromatic N) is 2. The maximum atomic E-state index is 12.8. The van der Waals surface area contributed by atoms with Gasteiger partial charge < -0.3 is 10.2 Å². The Labute approximate surface area is 112 Å². The molecule has 19 heavy (non-hydrogen) atoms. The van der Waals surface area contributed by atoms with Gasteiger partial charge in [0, 0.05) is 33.0 Å². The van der Waals surface area contributed by atoms with Crippen LogP contribution in [0.2, 0.25) is 0 Å².